The molecule has 0 saturated carbocycles. The van der Waals surface area contributed by atoms with E-state index in [2.05, 4.69) is 12.1 Å². The van der Waals surface area contributed by atoms with E-state index in [-0.39, 0.29) is 0 Å². The molecular formula is C13H15NOS. The van der Waals surface area contributed by atoms with Gasteiger partial charge in [0, 0.05) is 24.2 Å². The number of nitriles is 1. The predicted molar refractivity (Wildman–Crippen MR) is 66.3 cm³/mol. The van der Waals surface area contributed by atoms with E-state index in [0.29, 0.717) is 0 Å². The molecule has 0 aliphatic carbocycles. The van der Waals surface area contributed by atoms with Gasteiger partial charge in [-0.05, 0) is 30.5 Å². The van der Waals surface area contributed by atoms with Crippen molar-refractivity contribution in [1.82, 2.24) is 0 Å². The fraction of sp³-hybridized carbons (Fsp3) is 0.462. The molecule has 84 valence electrons. The lowest BCUT2D eigenvalue weighted by Gasteiger charge is -2.21. The second kappa shape index (κ2) is 5.93. The first-order valence-electron chi connectivity index (χ1n) is 5.57. The van der Waals surface area contributed by atoms with Gasteiger partial charge >= 0.3 is 0 Å². The van der Waals surface area contributed by atoms with Gasteiger partial charge in [0.25, 0.3) is 0 Å². The molecule has 0 unspecified atom stereocenters. The van der Waals surface area contributed by atoms with Crippen LogP contribution in [0.2, 0.25) is 0 Å². The molecule has 0 amide bonds. The Morgan fingerprint density at radius 3 is 2.94 bits per heavy atom. The predicted octanol–water partition coefficient (Wildman–Crippen LogP) is 2.97. The van der Waals surface area contributed by atoms with E-state index >= 15 is 0 Å². The van der Waals surface area contributed by atoms with E-state index in [0.717, 1.165) is 42.6 Å². The molecule has 0 N–H and O–H groups in total. The molecule has 1 saturated heterocycles. The van der Waals surface area contributed by atoms with Crippen molar-refractivity contribution in [2.75, 3.05) is 13.2 Å². The number of nitrogens with zero attached hydrogens (tertiary/aromatic N) is 1. The van der Waals surface area contributed by atoms with Gasteiger partial charge in [0.05, 0.1) is 11.6 Å². The van der Waals surface area contributed by atoms with Crippen molar-refractivity contribution < 1.29 is 4.74 Å². The molecule has 0 aromatic heterocycles. The number of thioether (sulfide) groups is 1. The Morgan fingerprint density at radius 1 is 1.38 bits per heavy atom. The molecule has 0 bridgehead atoms. The van der Waals surface area contributed by atoms with Crippen LogP contribution in [0.25, 0.3) is 0 Å². The smallest absolute Gasteiger partial charge is 0.0991 e. The van der Waals surface area contributed by atoms with Crippen molar-refractivity contribution in [3.05, 3.63) is 35.4 Å². The highest BCUT2D eigenvalue weighted by Gasteiger charge is 2.13. The molecule has 0 spiro atoms. The third kappa shape index (κ3) is 3.26. The van der Waals surface area contributed by atoms with Crippen LogP contribution < -0.4 is 0 Å². The maximum absolute atomic E-state index is 8.81. The summed E-state index contributed by atoms with van der Waals surface area (Å²) in [6, 6.07) is 10.1. The Kier molecular flexibility index (Phi) is 4.26. The van der Waals surface area contributed by atoms with Crippen molar-refractivity contribution in [3.63, 3.8) is 0 Å². The highest BCUT2D eigenvalue weighted by Crippen LogP contribution is 2.25. The summed E-state index contributed by atoms with van der Waals surface area (Å²) in [6.07, 6.45) is 2.31. The standard InChI is InChI=1S/C13H15NOS/c14-9-11-2-1-3-12(8-11)10-16-13-4-6-15-7-5-13/h1-3,8,13H,4-7,10H2. The van der Waals surface area contributed by atoms with Gasteiger partial charge in [-0.2, -0.15) is 17.0 Å². The molecule has 1 aliphatic rings. The normalized spacial score (nSPS) is 16.9. The number of hydrogen-bond acceptors (Lipinski definition) is 3. The van der Waals surface area contributed by atoms with Gasteiger partial charge in [-0.1, -0.05) is 12.1 Å². The molecule has 1 heterocycles. The molecule has 0 atom stereocenters. The van der Waals surface area contributed by atoms with Crippen LogP contribution in [0.1, 0.15) is 24.0 Å². The SMILES string of the molecule is N#Cc1cccc(CSC2CCOCC2)c1. The summed E-state index contributed by atoms with van der Waals surface area (Å²) in [6.45, 7) is 1.80. The van der Waals surface area contributed by atoms with E-state index in [9.17, 15) is 0 Å². The summed E-state index contributed by atoms with van der Waals surface area (Å²) < 4.78 is 5.33. The van der Waals surface area contributed by atoms with Gasteiger partial charge in [-0.3, -0.25) is 0 Å². The van der Waals surface area contributed by atoms with E-state index in [1.54, 1.807) is 0 Å². The Bertz CT molecular complexity index is 380. The first-order chi connectivity index (χ1) is 7.88. The lowest BCUT2D eigenvalue weighted by molar-refractivity contribution is 0.1000. The van der Waals surface area contributed by atoms with Gasteiger partial charge < -0.3 is 4.74 Å². The Labute approximate surface area is 101 Å². The van der Waals surface area contributed by atoms with Crippen LogP contribution in [0.3, 0.4) is 0 Å². The number of hydrogen-bond donors (Lipinski definition) is 0. The van der Waals surface area contributed by atoms with Crippen molar-refractivity contribution >= 4 is 11.8 Å². The number of ether oxygens (including phenoxy) is 1. The molecule has 1 aliphatic heterocycles. The van der Waals surface area contributed by atoms with Crippen molar-refractivity contribution in [2.24, 2.45) is 0 Å². The second-order valence-corrected chi connectivity index (χ2v) is 5.22. The van der Waals surface area contributed by atoms with Crippen LogP contribution in [0.4, 0.5) is 0 Å². The van der Waals surface area contributed by atoms with Gasteiger partial charge in [-0.25, -0.2) is 0 Å². The van der Waals surface area contributed by atoms with Crippen LogP contribution in [-0.2, 0) is 10.5 Å². The minimum absolute atomic E-state index is 0.722. The topological polar surface area (TPSA) is 33.0 Å². The summed E-state index contributed by atoms with van der Waals surface area (Å²) >= 11 is 1.98. The molecule has 1 fully saturated rings. The van der Waals surface area contributed by atoms with Gasteiger partial charge in [0.1, 0.15) is 0 Å². The van der Waals surface area contributed by atoms with Crippen molar-refractivity contribution in [3.8, 4) is 6.07 Å². The van der Waals surface area contributed by atoms with Gasteiger partial charge in [0.2, 0.25) is 0 Å². The van der Waals surface area contributed by atoms with Crippen molar-refractivity contribution in [1.29, 1.82) is 5.26 Å². The maximum Gasteiger partial charge on any atom is 0.0991 e. The van der Waals surface area contributed by atoms with Gasteiger partial charge in [0.15, 0.2) is 0 Å². The van der Waals surface area contributed by atoms with Crippen LogP contribution in [0.5, 0.6) is 0 Å². The Hall–Kier alpha value is -0.980. The molecule has 2 nitrogen and oxygen atoms in total. The van der Waals surface area contributed by atoms with Crippen LogP contribution >= 0.6 is 11.8 Å². The quantitative estimate of drug-likeness (QED) is 0.804. The molecule has 3 heteroatoms. The molecule has 16 heavy (non-hydrogen) atoms. The van der Waals surface area contributed by atoms with Crippen LogP contribution in [0, 0.1) is 11.3 Å². The van der Waals surface area contributed by atoms with E-state index in [4.69, 9.17) is 10.00 Å². The molecule has 1 aromatic rings. The largest absolute Gasteiger partial charge is 0.381 e. The summed E-state index contributed by atoms with van der Waals surface area (Å²) in [5, 5.41) is 9.53. The zero-order chi connectivity index (χ0) is 11.2. The van der Waals surface area contributed by atoms with Crippen molar-refractivity contribution in [2.45, 2.75) is 23.8 Å². The highest BCUT2D eigenvalue weighted by molar-refractivity contribution is 7.99. The average molecular weight is 233 g/mol. The minimum Gasteiger partial charge on any atom is -0.381 e. The van der Waals surface area contributed by atoms with Gasteiger partial charge in [-0.15, -0.1) is 0 Å². The lowest BCUT2D eigenvalue weighted by Crippen LogP contribution is -2.17. The summed E-state index contributed by atoms with van der Waals surface area (Å²) in [4.78, 5) is 0. The fourth-order valence-electron chi connectivity index (χ4n) is 1.79. The van der Waals surface area contributed by atoms with E-state index < -0.39 is 0 Å². The highest BCUT2D eigenvalue weighted by atomic mass is 32.2. The number of benzene rings is 1. The summed E-state index contributed by atoms with van der Waals surface area (Å²) in [7, 11) is 0. The monoisotopic (exact) mass is 233 g/mol. The third-order valence-corrected chi connectivity index (χ3v) is 4.15. The van der Waals surface area contributed by atoms with Crippen LogP contribution in [-0.4, -0.2) is 18.5 Å². The fourth-order valence-corrected chi connectivity index (χ4v) is 2.92. The zero-order valence-electron chi connectivity index (χ0n) is 9.19. The number of rotatable bonds is 3. The minimum atomic E-state index is 0.722. The lowest BCUT2D eigenvalue weighted by atomic mass is 10.2. The summed E-state index contributed by atoms with van der Waals surface area (Å²) in [5.74, 6) is 1.00. The summed E-state index contributed by atoms with van der Waals surface area (Å²) in [5.41, 5.74) is 2.00. The first kappa shape index (κ1) is 11.5. The third-order valence-electron chi connectivity index (χ3n) is 2.71. The molecule has 0 radical (unpaired) electrons. The molecule has 2 rings (SSSR count). The van der Waals surface area contributed by atoms with E-state index in [1.165, 1.54) is 5.56 Å². The molecular weight excluding hydrogens is 218 g/mol. The molecule has 1 aromatic carbocycles. The Balaban J connectivity index is 1.86. The Morgan fingerprint density at radius 2 is 2.19 bits per heavy atom. The van der Waals surface area contributed by atoms with Crippen LogP contribution in [0.15, 0.2) is 24.3 Å². The maximum atomic E-state index is 8.81. The average Bonchev–Trinajstić information content (AvgIpc) is 2.38. The second-order valence-electron chi connectivity index (χ2n) is 3.93. The zero-order valence-corrected chi connectivity index (χ0v) is 10.0. The van der Waals surface area contributed by atoms with E-state index in [1.807, 2.05) is 30.0 Å². The first-order valence-corrected chi connectivity index (χ1v) is 6.62.